The van der Waals surface area contributed by atoms with Crippen molar-refractivity contribution in [2.75, 3.05) is 0 Å². The summed E-state index contributed by atoms with van der Waals surface area (Å²) in [7, 11) is 0. The zero-order chi connectivity index (χ0) is 21.3. The van der Waals surface area contributed by atoms with E-state index >= 15 is 0 Å². The standard InChI is InChI=1S/C27H46O3/c1-17(5-4-12-27(30)15-16-27)19-8-9-20-18-6-7-22-24(29)23(28)11-14-26(22,3)21(18)10-13-25(19,20)2/h17-24,28-30H,4-16H2,1-3H3/t17-,18?,19-,20+,21?,22+,23+,24-,25-,26-/m1/s1. The second kappa shape index (κ2) is 7.45. The van der Waals surface area contributed by atoms with E-state index < -0.39 is 12.2 Å². The molecule has 3 heteroatoms. The Morgan fingerprint density at radius 2 is 1.47 bits per heavy atom. The number of aliphatic hydroxyl groups excluding tert-OH is 2. The number of aliphatic hydroxyl groups is 3. The molecular formula is C27H46O3. The Morgan fingerprint density at radius 1 is 0.800 bits per heavy atom. The molecule has 0 spiro atoms. The lowest BCUT2D eigenvalue weighted by Crippen LogP contribution is -2.58. The zero-order valence-electron chi connectivity index (χ0n) is 19.7. The molecule has 2 unspecified atom stereocenters. The average Bonchev–Trinajstić information content (AvgIpc) is 3.32. The molecule has 0 amide bonds. The van der Waals surface area contributed by atoms with Gasteiger partial charge in [-0.3, -0.25) is 0 Å². The van der Waals surface area contributed by atoms with Crippen molar-refractivity contribution in [3.63, 3.8) is 0 Å². The maximum atomic E-state index is 10.8. The summed E-state index contributed by atoms with van der Waals surface area (Å²) in [5.74, 6) is 4.36. The maximum absolute atomic E-state index is 10.8. The fraction of sp³-hybridized carbons (Fsp3) is 1.00. The minimum absolute atomic E-state index is 0.228. The Bertz CT molecular complexity index is 644. The topological polar surface area (TPSA) is 60.7 Å². The summed E-state index contributed by atoms with van der Waals surface area (Å²) < 4.78 is 0. The van der Waals surface area contributed by atoms with Gasteiger partial charge in [0.05, 0.1) is 17.8 Å². The van der Waals surface area contributed by atoms with Crippen molar-refractivity contribution in [3.05, 3.63) is 0 Å². The molecule has 5 saturated carbocycles. The molecule has 0 aliphatic heterocycles. The lowest BCUT2D eigenvalue weighted by Gasteiger charge is -2.62. The van der Waals surface area contributed by atoms with Crippen LogP contribution in [0.1, 0.15) is 104 Å². The Kier molecular flexibility index (Phi) is 5.39. The van der Waals surface area contributed by atoms with Crippen LogP contribution >= 0.6 is 0 Å². The first-order valence-electron chi connectivity index (χ1n) is 13.3. The molecule has 3 N–H and O–H groups in total. The number of hydrogen-bond donors (Lipinski definition) is 3. The van der Waals surface area contributed by atoms with Crippen molar-refractivity contribution in [3.8, 4) is 0 Å². The molecule has 0 radical (unpaired) electrons. The molecule has 0 aromatic heterocycles. The van der Waals surface area contributed by atoms with Gasteiger partial charge in [-0.2, -0.15) is 0 Å². The summed E-state index contributed by atoms with van der Waals surface area (Å²) in [5, 5.41) is 31.2. The van der Waals surface area contributed by atoms with Crippen molar-refractivity contribution in [2.24, 2.45) is 46.3 Å². The molecule has 0 aromatic rings. The first kappa shape index (κ1) is 21.7. The lowest BCUT2D eigenvalue weighted by atomic mass is 9.44. The van der Waals surface area contributed by atoms with Gasteiger partial charge in [-0.15, -0.1) is 0 Å². The largest absolute Gasteiger partial charge is 0.390 e. The van der Waals surface area contributed by atoms with Gasteiger partial charge >= 0.3 is 0 Å². The zero-order valence-corrected chi connectivity index (χ0v) is 19.7. The number of hydrogen-bond acceptors (Lipinski definition) is 3. The van der Waals surface area contributed by atoms with Gasteiger partial charge in [0.1, 0.15) is 0 Å². The van der Waals surface area contributed by atoms with E-state index in [-0.39, 0.29) is 11.0 Å². The first-order chi connectivity index (χ1) is 14.2. The summed E-state index contributed by atoms with van der Waals surface area (Å²) in [4.78, 5) is 0. The van der Waals surface area contributed by atoms with Gasteiger partial charge in [-0.25, -0.2) is 0 Å². The van der Waals surface area contributed by atoms with Crippen molar-refractivity contribution in [2.45, 2.75) is 122 Å². The SMILES string of the molecule is C[C@H](CCCC1(O)CC1)[C@H]1CC[C@H]2C3CC[C@H]4[C@@H](O)[C@@H](O)CC[C@]4(C)C3CC[C@]12C. The monoisotopic (exact) mass is 418 g/mol. The normalized spacial score (nSPS) is 52.8. The highest BCUT2D eigenvalue weighted by molar-refractivity contribution is 5.11. The predicted molar refractivity (Wildman–Crippen MR) is 120 cm³/mol. The molecule has 5 aliphatic rings. The molecule has 0 bridgehead atoms. The molecule has 172 valence electrons. The second-order valence-electron chi connectivity index (χ2n) is 13.0. The number of rotatable bonds is 5. The third kappa shape index (κ3) is 3.32. The maximum Gasteiger partial charge on any atom is 0.0832 e. The highest BCUT2D eigenvalue weighted by Crippen LogP contribution is 2.68. The quantitative estimate of drug-likeness (QED) is 0.567. The van der Waals surface area contributed by atoms with Crippen LogP contribution in [0.15, 0.2) is 0 Å². The van der Waals surface area contributed by atoms with E-state index in [4.69, 9.17) is 0 Å². The van der Waals surface area contributed by atoms with E-state index in [2.05, 4.69) is 20.8 Å². The van der Waals surface area contributed by atoms with E-state index in [0.29, 0.717) is 11.3 Å². The van der Waals surface area contributed by atoms with Gasteiger partial charge in [-0.1, -0.05) is 33.6 Å². The molecule has 5 fully saturated rings. The van der Waals surface area contributed by atoms with Gasteiger partial charge in [0.25, 0.3) is 0 Å². The fourth-order valence-electron chi connectivity index (χ4n) is 9.64. The van der Waals surface area contributed by atoms with Crippen LogP contribution < -0.4 is 0 Å². The van der Waals surface area contributed by atoms with E-state index in [1.54, 1.807) is 0 Å². The van der Waals surface area contributed by atoms with Crippen LogP contribution in [0.25, 0.3) is 0 Å². The summed E-state index contributed by atoms with van der Waals surface area (Å²) in [6, 6.07) is 0. The summed E-state index contributed by atoms with van der Waals surface area (Å²) in [6.07, 6.45) is 14.3. The van der Waals surface area contributed by atoms with Crippen LogP contribution in [0.2, 0.25) is 0 Å². The fourth-order valence-corrected chi connectivity index (χ4v) is 9.64. The van der Waals surface area contributed by atoms with Crippen molar-refractivity contribution in [1.82, 2.24) is 0 Å². The van der Waals surface area contributed by atoms with Crippen LogP contribution in [-0.4, -0.2) is 33.1 Å². The highest BCUT2D eigenvalue weighted by Gasteiger charge is 2.61. The lowest BCUT2D eigenvalue weighted by molar-refractivity contribution is -0.174. The Labute approximate surface area is 184 Å². The first-order valence-corrected chi connectivity index (χ1v) is 13.3. The van der Waals surface area contributed by atoms with E-state index in [9.17, 15) is 15.3 Å². The Balaban J connectivity index is 1.28. The predicted octanol–water partition coefficient (Wildman–Crippen LogP) is 5.31. The third-order valence-electron chi connectivity index (χ3n) is 11.6. The molecule has 5 rings (SSSR count). The average molecular weight is 419 g/mol. The van der Waals surface area contributed by atoms with Crippen molar-refractivity contribution >= 4 is 0 Å². The van der Waals surface area contributed by atoms with E-state index in [1.807, 2.05) is 0 Å². The van der Waals surface area contributed by atoms with Crippen LogP contribution in [0.4, 0.5) is 0 Å². The minimum atomic E-state index is -0.504. The van der Waals surface area contributed by atoms with Gasteiger partial charge in [0.2, 0.25) is 0 Å². The molecule has 3 nitrogen and oxygen atoms in total. The van der Waals surface area contributed by atoms with Gasteiger partial charge in [0.15, 0.2) is 0 Å². The smallest absolute Gasteiger partial charge is 0.0832 e. The molecule has 0 aromatic carbocycles. The second-order valence-corrected chi connectivity index (χ2v) is 13.0. The van der Waals surface area contributed by atoms with Gasteiger partial charge in [-0.05, 0) is 117 Å². The highest BCUT2D eigenvalue weighted by atomic mass is 16.3. The van der Waals surface area contributed by atoms with Gasteiger partial charge < -0.3 is 15.3 Å². The molecule has 0 heterocycles. The molecule has 30 heavy (non-hydrogen) atoms. The van der Waals surface area contributed by atoms with E-state index in [0.717, 1.165) is 68.1 Å². The van der Waals surface area contributed by atoms with Crippen molar-refractivity contribution < 1.29 is 15.3 Å². The summed E-state index contributed by atoms with van der Waals surface area (Å²) in [5.41, 5.74) is 0.436. The van der Waals surface area contributed by atoms with Crippen LogP contribution in [0.3, 0.4) is 0 Å². The third-order valence-corrected chi connectivity index (χ3v) is 11.6. The van der Waals surface area contributed by atoms with Crippen LogP contribution in [-0.2, 0) is 0 Å². The van der Waals surface area contributed by atoms with Crippen LogP contribution in [0.5, 0.6) is 0 Å². The molecular weight excluding hydrogens is 372 g/mol. The minimum Gasteiger partial charge on any atom is -0.390 e. The molecule has 0 saturated heterocycles. The van der Waals surface area contributed by atoms with Crippen molar-refractivity contribution in [1.29, 1.82) is 0 Å². The Hall–Kier alpha value is -0.120. The van der Waals surface area contributed by atoms with E-state index in [1.165, 1.54) is 44.9 Å². The number of fused-ring (bicyclic) bond motifs is 5. The summed E-state index contributed by atoms with van der Waals surface area (Å²) >= 11 is 0. The molecule has 10 atom stereocenters. The van der Waals surface area contributed by atoms with Crippen LogP contribution in [0, 0.1) is 46.3 Å². The molecule has 5 aliphatic carbocycles. The van der Waals surface area contributed by atoms with Gasteiger partial charge in [0, 0.05) is 0 Å². The summed E-state index contributed by atoms with van der Waals surface area (Å²) in [6.45, 7) is 7.59. The Morgan fingerprint density at radius 3 is 2.20 bits per heavy atom.